The first-order valence-corrected chi connectivity index (χ1v) is 6.02. The lowest BCUT2D eigenvalue weighted by Crippen LogP contribution is -2.20. The topological polar surface area (TPSA) is 74.2 Å². The smallest absolute Gasteiger partial charge is 0.323 e. The van der Waals surface area contributed by atoms with Crippen LogP contribution in [0.2, 0.25) is 0 Å². The summed E-state index contributed by atoms with van der Waals surface area (Å²) in [5.41, 5.74) is 1.34. The van der Waals surface area contributed by atoms with Crippen molar-refractivity contribution in [3.8, 4) is 0 Å². The average molecular weight is 275 g/mol. The van der Waals surface area contributed by atoms with Crippen molar-refractivity contribution in [1.29, 1.82) is 0 Å². The molecule has 0 bridgehead atoms. The van der Waals surface area contributed by atoms with Crippen LogP contribution < -0.4 is 10.6 Å². The highest BCUT2D eigenvalue weighted by Crippen LogP contribution is 2.16. The molecule has 1 atom stereocenters. The zero-order chi connectivity index (χ0) is 14.5. The van der Waals surface area contributed by atoms with Gasteiger partial charge in [0, 0.05) is 11.9 Å². The number of urea groups is 1. The summed E-state index contributed by atoms with van der Waals surface area (Å²) in [6.07, 6.45) is 1.84. The number of halogens is 1. The van der Waals surface area contributed by atoms with Crippen LogP contribution in [0.4, 0.5) is 20.6 Å². The molecule has 0 saturated carbocycles. The predicted octanol–water partition coefficient (Wildman–Crippen LogP) is 2.92. The Morgan fingerprint density at radius 3 is 2.55 bits per heavy atom. The number of rotatable bonds is 3. The van der Waals surface area contributed by atoms with Gasteiger partial charge >= 0.3 is 6.03 Å². The van der Waals surface area contributed by atoms with Crippen molar-refractivity contribution < 1.29 is 14.3 Å². The molecule has 1 unspecified atom stereocenters. The van der Waals surface area contributed by atoms with E-state index in [-0.39, 0.29) is 5.69 Å². The van der Waals surface area contributed by atoms with Gasteiger partial charge in [0.15, 0.2) is 5.82 Å². The summed E-state index contributed by atoms with van der Waals surface area (Å²) < 4.78 is 13.3. The van der Waals surface area contributed by atoms with Crippen LogP contribution in [0, 0.1) is 5.82 Å². The van der Waals surface area contributed by atoms with E-state index in [0.29, 0.717) is 5.69 Å². The van der Waals surface area contributed by atoms with Crippen molar-refractivity contribution in [2.75, 3.05) is 10.6 Å². The van der Waals surface area contributed by atoms with E-state index in [1.54, 1.807) is 31.2 Å². The van der Waals surface area contributed by atoms with Gasteiger partial charge < -0.3 is 15.7 Å². The second kappa shape index (κ2) is 6.12. The molecule has 1 aromatic heterocycles. The molecule has 20 heavy (non-hydrogen) atoms. The number of aliphatic hydroxyl groups is 1. The molecular weight excluding hydrogens is 261 g/mol. The van der Waals surface area contributed by atoms with E-state index in [1.165, 1.54) is 12.3 Å². The van der Waals surface area contributed by atoms with Gasteiger partial charge in [-0.1, -0.05) is 12.1 Å². The van der Waals surface area contributed by atoms with Gasteiger partial charge in [-0.15, -0.1) is 0 Å². The molecule has 0 saturated heterocycles. The SMILES string of the molecule is CC(O)c1ccc(NC(=O)Nc2ccncc2F)cc1. The molecular formula is C14H14FN3O2. The molecule has 0 spiro atoms. The van der Waals surface area contributed by atoms with E-state index in [4.69, 9.17) is 0 Å². The van der Waals surface area contributed by atoms with E-state index >= 15 is 0 Å². The van der Waals surface area contributed by atoms with Crippen molar-refractivity contribution in [3.63, 3.8) is 0 Å². The van der Waals surface area contributed by atoms with Crippen LogP contribution in [0.5, 0.6) is 0 Å². The first-order chi connectivity index (χ1) is 9.56. The zero-order valence-electron chi connectivity index (χ0n) is 10.8. The van der Waals surface area contributed by atoms with Gasteiger partial charge in [0.25, 0.3) is 0 Å². The van der Waals surface area contributed by atoms with Gasteiger partial charge in [0.05, 0.1) is 18.0 Å². The molecule has 0 fully saturated rings. The Morgan fingerprint density at radius 1 is 1.25 bits per heavy atom. The normalized spacial score (nSPS) is 11.8. The maximum atomic E-state index is 13.3. The molecule has 6 heteroatoms. The molecule has 5 nitrogen and oxygen atoms in total. The Kier molecular flexibility index (Phi) is 4.27. The molecule has 2 amide bonds. The summed E-state index contributed by atoms with van der Waals surface area (Å²) in [5.74, 6) is -0.605. The van der Waals surface area contributed by atoms with Crippen LogP contribution in [0.1, 0.15) is 18.6 Å². The highest BCUT2D eigenvalue weighted by Gasteiger charge is 2.07. The fraction of sp³-hybridized carbons (Fsp3) is 0.143. The average Bonchev–Trinajstić information content (AvgIpc) is 2.42. The largest absolute Gasteiger partial charge is 0.389 e. The lowest BCUT2D eigenvalue weighted by molar-refractivity contribution is 0.199. The third-order valence-electron chi connectivity index (χ3n) is 2.67. The number of hydrogen-bond donors (Lipinski definition) is 3. The third-order valence-corrected chi connectivity index (χ3v) is 2.67. The van der Waals surface area contributed by atoms with E-state index < -0.39 is 18.0 Å². The first kappa shape index (κ1) is 14.0. The predicted molar refractivity (Wildman–Crippen MR) is 73.9 cm³/mol. The van der Waals surface area contributed by atoms with Gasteiger partial charge in [-0.3, -0.25) is 4.98 Å². The third kappa shape index (κ3) is 3.52. The fourth-order valence-electron chi connectivity index (χ4n) is 1.61. The van der Waals surface area contributed by atoms with Gasteiger partial charge in [-0.25, -0.2) is 9.18 Å². The van der Waals surface area contributed by atoms with Gasteiger partial charge in [0.1, 0.15) is 0 Å². The molecule has 1 heterocycles. The van der Waals surface area contributed by atoms with Crippen molar-refractivity contribution in [3.05, 3.63) is 54.1 Å². The maximum absolute atomic E-state index is 13.3. The second-order valence-electron chi connectivity index (χ2n) is 4.23. The Labute approximate surface area is 115 Å². The number of aromatic nitrogens is 1. The number of benzene rings is 1. The molecule has 3 N–H and O–H groups in total. The van der Waals surface area contributed by atoms with Gasteiger partial charge in [-0.2, -0.15) is 0 Å². The Hall–Kier alpha value is -2.47. The number of nitrogens with zero attached hydrogens (tertiary/aromatic N) is 1. The van der Waals surface area contributed by atoms with Crippen molar-refractivity contribution in [2.45, 2.75) is 13.0 Å². The monoisotopic (exact) mass is 275 g/mol. The van der Waals surface area contributed by atoms with Crippen molar-refractivity contribution in [2.24, 2.45) is 0 Å². The highest BCUT2D eigenvalue weighted by molar-refractivity contribution is 5.99. The molecule has 0 aliphatic heterocycles. The minimum atomic E-state index is -0.605. The van der Waals surface area contributed by atoms with E-state index in [2.05, 4.69) is 15.6 Å². The van der Waals surface area contributed by atoms with Crippen molar-refractivity contribution >= 4 is 17.4 Å². The number of carbonyl (C=O) groups excluding carboxylic acids is 1. The second-order valence-corrected chi connectivity index (χ2v) is 4.23. The van der Waals surface area contributed by atoms with Crippen LogP contribution in [-0.2, 0) is 0 Å². The molecule has 1 aromatic carbocycles. The van der Waals surface area contributed by atoms with E-state index in [9.17, 15) is 14.3 Å². The van der Waals surface area contributed by atoms with Crippen LogP contribution in [0.3, 0.4) is 0 Å². The van der Waals surface area contributed by atoms with Crippen LogP contribution in [0.15, 0.2) is 42.7 Å². The van der Waals surface area contributed by atoms with E-state index in [1.807, 2.05) is 0 Å². The number of aliphatic hydroxyl groups excluding tert-OH is 1. The lowest BCUT2D eigenvalue weighted by atomic mass is 10.1. The number of pyridine rings is 1. The van der Waals surface area contributed by atoms with Crippen molar-refractivity contribution in [1.82, 2.24) is 4.98 Å². The number of hydrogen-bond acceptors (Lipinski definition) is 3. The number of nitrogens with one attached hydrogen (secondary N) is 2. The number of anilines is 2. The Balaban J connectivity index is 1.99. The summed E-state index contributed by atoms with van der Waals surface area (Å²) in [4.78, 5) is 15.3. The standard InChI is InChI=1S/C14H14FN3O2/c1-9(19)10-2-4-11(5-3-10)17-14(20)18-13-6-7-16-8-12(13)15/h2-9,19H,1H3,(H2,16,17,18,20). The lowest BCUT2D eigenvalue weighted by Gasteiger charge is -2.09. The Bertz CT molecular complexity index is 600. The number of carbonyl (C=O) groups is 1. The first-order valence-electron chi connectivity index (χ1n) is 6.02. The molecule has 2 rings (SSSR count). The zero-order valence-corrected chi connectivity index (χ0v) is 10.8. The van der Waals surface area contributed by atoms with Crippen LogP contribution in [0.25, 0.3) is 0 Å². The maximum Gasteiger partial charge on any atom is 0.323 e. The summed E-state index contributed by atoms with van der Waals surface area (Å²) in [5, 5.41) is 14.3. The molecule has 0 radical (unpaired) electrons. The van der Waals surface area contributed by atoms with E-state index in [0.717, 1.165) is 11.8 Å². The minimum absolute atomic E-state index is 0.0538. The van der Waals surface area contributed by atoms with Crippen LogP contribution in [-0.4, -0.2) is 16.1 Å². The molecule has 0 aliphatic carbocycles. The molecule has 0 aliphatic rings. The summed E-state index contributed by atoms with van der Waals surface area (Å²) in [6, 6.07) is 7.53. The van der Waals surface area contributed by atoms with Crippen LogP contribution >= 0.6 is 0 Å². The summed E-state index contributed by atoms with van der Waals surface area (Å²) in [6.45, 7) is 1.65. The summed E-state index contributed by atoms with van der Waals surface area (Å²) in [7, 11) is 0. The Morgan fingerprint density at radius 2 is 1.95 bits per heavy atom. The quantitative estimate of drug-likeness (QED) is 0.806. The van der Waals surface area contributed by atoms with Gasteiger partial charge in [0.2, 0.25) is 0 Å². The highest BCUT2D eigenvalue weighted by atomic mass is 19.1. The fourth-order valence-corrected chi connectivity index (χ4v) is 1.61. The minimum Gasteiger partial charge on any atom is -0.389 e. The number of amides is 2. The van der Waals surface area contributed by atoms with Gasteiger partial charge in [-0.05, 0) is 30.7 Å². The molecule has 2 aromatic rings. The molecule has 104 valence electrons. The summed E-state index contributed by atoms with van der Waals surface area (Å²) >= 11 is 0.